The van der Waals surface area contributed by atoms with Crippen molar-refractivity contribution in [2.24, 2.45) is 0 Å². The average molecular weight is 244 g/mol. The number of methoxy groups -OCH3 is 1. The second-order valence-electron chi connectivity index (χ2n) is 2.88. The summed E-state index contributed by atoms with van der Waals surface area (Å²) < 4.78 is 11.7. The van der Waals surface area contributed by atoms with Gasteiger partial charge in [0.2, 0.25) is 0 Å². The Labute approximate surface area is 85.4 Å². The van der Waals surface area contributed by atoms with Gasteiger partial charge in [0.1, 0.15) is 5.75 Å². The maximum atomic E-state index is 5.51. The molecule has 0 N–H and O–H groups in total. The molecule has 70 valence electrons. The standard InChI is InChI=1S/C9H10BrNO2/c1-11-7-5-6(10)3-4-8(7)13-9(11)12-2/h3-5,9H,1-2H3. The summed E-state index contributed by atoms with van der Waals surface area (Å²) in [5, 5.41) is 0. The predicted molar refractivity (Wildman–Crippen MR) is 54.0 cm³/mol. The molecule has 1 aromatic carbocycles. The van der Waals surface area contributed by atoms with Crippen molar-refractivity contribution in [3.63, 3.8) is 0 Å². The third-order valence-corrected chi connectivity index (χ3v) is 2.54. The van der Waals surface area contributed by atoms with Crippen molar-refractivity contribution < 1.29 is 9.47 Å². The van der Waals surface area contributed by atoms with Crippen molar-refractivity contribution in [3.05, 3.63) is 22.7 Å². The summed E-state index contributed by atoms with van der Waals surface area (Å²) in [7, 11) is 3.56. The molecule has 4 heteroatoms. The fourth-order valence-electron chi connectivity index (χ4n) is 1.37. The lowest BCUT2D eigenvalue weighted by molar-refractivity contribution is -0.0375. The highest BCUT2D eigenvalue weighted by Gasteiger charge is 2.27. The molecule has 1 atom stereocenters. The van der Waals surface area contributed by atoms with E-state index in [4.69, 9.17) is 9.47 Å². The maximum Gasteiger partial charge on any atom is 0.283 e. The fourth-order valence-corrected chi connectivity index (χ4v) is 1.72. The van der Waals surface area contributed by atoms with Gasteiger partial charge in [-0.15, -0.1) is 0 Å². The molecule has 0 saturated carbocycles. The summed E-state index contributed by atoms with van der Waals surface area (Å²) in [6.45, 7) is 0. The lowest BCUT2D eigenvalue weighted by atomic mass is 10.3. The van der Waals surface area contributed by atoms with Crippen molar-refractivity contribution in [3.8, 4) is 5.75 Å². The van der Waals surface area contributed by atoms with E-state index >= 15 is 0 Å². The van der Waals surface area contributed by atoms with Gasteiger partial charge in [-0.25, -0.2) is 0 Å². The largest absolute Gasteiger partial charge is 0.444 e. The number of rotatable bonds is 1. The van der Waals surface area contributed by atoms with Gasteiger partial charge in [-0.3, -0.25) is 0 Å². The summed E-state index contributed by atoms with van der Waals surface area (Å²) in [6.07, 6.45) is -0.302. The summed E-state index contributed by atoms with van der Waals surface area (Å²) in [6, 6.07) is 5.88. The van der Waals surface area contributed by atoms with Gasteiger partial charge >= 0.3 is 0 Å². The molecule has 0 aromatic heterocycles. The Balaban J connectivity index is 2.39. The Hall–Kier alpha value is -0.740. The monoisotopic (exact) mass is 243 g/mol. The Morgan fingerprint density at radius 1 is 1.54 bits per heavy atom. The van der Waals surface area contributed by atoms with Crippen LogP contribution in [0, 0.1) is 0 Å². The topological polar surface area (TPSA) is 21.7 Å². The van der Waals surface area contributed by atoms with E-state index in [1.807, 2.05) is 30.1 Å². The van der Waals surface area contributed by atoms with Crippen LogP contribution in [0.3, 0.4) is 0 Å². The van der Waals surface area contributed by atoms with Gasteiger partial charge in [-0.2, -0.15) is 0 Å². The van der Waals surface area contributed by atoms with E-state index < -0.39 is 0 Å². The fraction of sp³-hybridized carbons (Fsp3) is 0.333. The number of hydrogen-bond donors (Lipinski definition) is 0. The van der Waals surface area contributed by atoms with Gasteiger partial charge in [0, 0.05) is 18.6 Å². The molecule has 0 bridgehead atoms. The zero-order valence-electron chi connectivity index (χ0n) is 7.45. The summed E-state index contributed by atoms with van der Waals surface area (Å²) in [5.41, 5.74) is 1.04. The van der Waals surface area contributed by atoms with E-state index in [1.165, 1.54) is 0 Å². The van der Waals surface area contributed by atoms with Crippen LogP contribution in [0.15, 0.2) is 22.7 Å². The number of benzene rings is 1. The molecule has 0 saturated heterocycles. The molecule has 1 aliphatic heterocycles. The zero-order chi connectivity index (χ0) is 9.42. The second kappa shape index (κ2) is 3.20. The highest BCUT2D eigenvalue weighted by molar-refractivity contribution is 9.10. The molecule has 2 rings (SSSR count). The zero-order valence-corrected chi connectivity index (χ0v) is 9.04. The van der Waals surface area contributed by atoms with Gasteiger partial charge in [0.15, 0.2) is 0 Å². The molecule has 0 aliphatic carbocycles. The first-order chi connectivity index (χ1) is 6.22. The van der Waals surface area contributed by atoms with Crippen LogP contribution in [0.25, 0.3) is 0 Å². The molecule has 1 aliphatic rings. The normalized spacial score (nSPS) is 19.9. The minimum Gasteiger partial charge on any atom is -0.444 e. The molecule has 0 radical (unpaired) electrons. The maximum absolute atomic E-state index is 5.51. The highest BCUT2D eigenvalue weighted by atomic mass is 79.9. The lowest BCUT2D eigenvalue weighted by Crippen LogP contribution is -2.32. The van der Waals surface area contributed by atoms with Gasteiger partial charge < -0.3 is 14.4 Å². The minimum absolute atomic E-state index is 0.302. The lowest BCUT2D eigenvalue weighted by Gasteiger charge is -2.17. The number of anilines is 1. The van der Waals surface area contributed by atoms with E-state index in [0.29, 0.717) is 0 Å². The number of ether oxygens (including phenoxy) is 2. The van der Waals surface area contributed by atoms with Crippen molar-refractivity contribution in [2.45, 2.75) is 6.41 Å². The van der Waals surface area contributed by atoms with Gasteiger partial charge in [-0.1, -0.05) is 15.9 Å². The van der Waals surface area contributed by atoms with E-state index in [1.54, 1.807) is 7.11 Å². The first kappa shape index (κ1) is 8.84. The predicted octanol–water partition coefficient (Wildman–Crippen LogP) is 2.21. The van der Waals surface area contributed by atoms with Crippen molar-refractivity contribution in [1.29, 1.82) is 0 Å². The van der Waals surface area contributed by atoms with Crippen molar-refractivity contribution in [1.82, 2.24) is 0 Å². The molecule has 0 fully saturated rings. The third kappa shape index (κ3) is 1.40. The number of hydrogen-bond acceptors (Lipinski definition) is 3. The van der Waals surface area contributed by atoms with E-state index in [0.717, 1.165) is 15.9 Å². The van der Waals surface area contributed by atoms with Crippen LogP contribution < -0.4 is 9.64 Å². The molecule has 1 unspecified atom stereocenters. The molecular formula is C9H10BrNO2. The van der Waals surface area contributed by atoms with Crippen LogP contribution in [0.4, 0.5) is 5.69 Å². The molecule has 13 heavy (non-hydrogen) atoms. The molecule has 0 spiro atoms. The Morgan fingerprint density at radius 3 is 3.00 bits per heavy atom. The minimum atomic E-state index is -0.302. The smallest absolute Gasteiger partial charge is 0.283 e. The van der Waals surface area contributed by atoms with E-state index in [2.05, 4.69) is 15.9 Å². The van der Waals surface area contributed by atoms with Gasteiger partial charge in [-0.05, 0) is 18.2 Å². The van der Waals surface area contributed by atoms with Gasteiger partial charge in [0.25, 0.3) is 6.41 Å². The summed E-state index contributed by atoms with van der Waals surface area (Å²) in [4.78, 5) is 1.94. The van der Waals surface area contributed by atoms with E-state index in [9.17, 15) is 0 Å². The third-order valence-electron chi connectivity index (χ3n) is 2.05. The SMILES string of the molecule is COC1Oc2ccc(Br)cc2N1C. The second-order valence-corrected chi connectivity index (χ2v) is 3.80. The van der Waals surface area contributed by atoms with E-state index in [-0.39, 0.29) is 6.41 Å². The molecule has 1 heterocycles. The van der Waals surface area contributed by atoms with Crippen LogP contribution in [0.5, 0.6) is 5.75 Å². The van der Waals surface area contributed by atoms with Crippen LogP contribution >= 0.6 is 15.9 Å². The van der Waals surface area contributed by atoms with Crippen LogP contribution in [-0.4, -0.2) is 20.6 Å². The molecule has 3 nitrogen and oxygen atoms in total. The molecule has 0 amide bonds. The van der Waals surface area contributed by atoms with Crippen LogP contribution in [0.1, 0.15) is 0 Å². The number of halogens is 1. The van der Waals surface area contributed by atoms with Crippen molar-refractivity contribution in [2.75, 3.05) is 19.1 Å². The molecule has 1 aromatic rings. The van der Waals surface area contributed by atoms with Crippen LogP contribution in [-0.2, 0) is 4.74 Å². The first-order valence-corrected chi connectivity index (χ1v) is 4.73. The highest BCUT2D eigenvalue weighted by Crippen LogP contribution is 2.37. The Morgan fingerprint density at radius 2 is 2.31 bits per heavy atom. The summed E-state index contributed by atoms with van der Waals surface area (Å²) >= 11 is 3.41. The number of nitrogens with zero attached hydrogens (tertiary/aromatic N) is 1. The van der Waals surface area contributed by atoms with Crippen LogP contribution in [0.2, 0.25) is 0 Å². The summed E-state index contributed by atoms with van der Waals surface area (Å²) in [5.74, 6) is 0.859. The Kier molecular flexibility index (Phi) is 2.17. The number of fused-ring (bicyclic) bond motifs is 1. The van der Waals surface area contributed by atoms with Gasteiger partial charge in [0.05, 0.1) is 5.69 Å². The molecular weight excluding hydrogens is 234 g/mol. The Bertz CT molecular complexity index is 329. The quantitative estimate of drug-likeness (QED) is 0.755. The van der Waals surface area contributed by atoms with Crippen molar-refractivity contribution >= 4 is 21.6 Å². The first-order valence-electron chi connectivity index (χ1n) is 3.94. The average Bonchev–Trinajstić information content (AvgIpc) is 2.44.